The normalized spacial score (nSPS) is 25.8. The van der Waals surface area contributed by atoms with E-state index in [-0.39, 0.29) is 36.1 Å². The summed E-state index contributed by atoms with van der Waals surface area (Å²) in [4.78, 5) is 31.4. The number of hydrogen-bond acceptors (Lipinski definition) is 6. The van der Waals surface area contributed by atoms with Crippen molar-refractivity contribution in [1.29, 1.82) is 0 Å². The van der Waals surface area contributed by atoms with E-state index in [0.29, 0.717) is 38.1 Å². The van der Waals surface area contributed by atoms with Gasteiger partial charge in [0.05, 0.1) is 30.5 Å². The SMILES string of the molecule is COC[C@@H]1C[C@H](NC2CCC(O)(c3ccccn3)CC2)CN1C(=O)CNC(=O)c1cccc(C(F)(F)F)c1. The monoisotopic (exact) mass is 534 g/mol. The third-order valence-corrected chi connectivity index (χ3v) is 7.37. The first kappa shape index (κ1) is 28.0. The van der Waals surface area contributed by atoms with Gasteiger partial charge in [-0.3, -0.25) is 14.6 Å². The van der Waals surface area contributed by atoms with E-state index in [1.54, 1.807) is 18.2 Å². The zero-order chi connectivity index (χ0) is 27.3. The van der Waals surface area contributed by atoms with Gasteiger partial charge < -0.3 is 25.4 Å². The number of carbonyl (C=O) groups is 2. The number of ether oxygens (including phenoxy) is 1. The molecule has 38 heavy (non-hydrogen) atoms. The number of nitrogens with one attached hydrogen (secondary N) is 2. The molecule has 2 fully saturated rings. The van der Waals surface area contributed by atoms with E-state index in [9.17, 15) is 27.9 Å². The molecule has 4 rings (SSSR count). The van der Waals surface area contributed by atoms with Gasteiger partial charge in [0.1, 0.15) is 5.60 Å². The Labute approximate surface area is 219 Å². The van der Waals surface area contributed by atoms with Crippen molar-refractivity contribution in [2.24, 2.45) is 0 Å². The molecule has 3 N–H and O–H groups in total. The van der Waals surface area contributed by atoms with Crippen molar-refractivity contribution in [2.45, 2.75) is 62.0 Å². The number of nitrogens with zero attached hydrogens (tertiary/aromatic N) is 2. The largest absolute Gasteiger partial charge is 0.416 e. The van der Waals surface area contributed by atoms with Crippen LogP contribution in [0.15, 0.2) is 48.7 Å². The number of likely N-dealkylation sites (tertiary alicyclic amines) is 1. The Morgan fingerprint density at radius 2 is 1.92 bits per heavy atom. The minimum absolute atomic E-state index is 0.0179. The van der Waals surface area contributed by atoms with Crippen LogP contribution in [0.2, 0.25) is 0 Å². The van der Waals surface area contributed by atoms with Crippen LogP contribution in [0, 0.1) is 0 Å². The lowest BCUT2D eigenvalue weighted by molar-refractivity contribution is -0.137. The van der Waals surface area contributed by atoms with E-state index in [4.69, 9.17) is 4.74 Å². The van der Waals surface area contributed by atoms with Crippen LogP contribution in [0.1, 0.15) is 53.7 Å². The van der Waals surface area contributed by atoms with Gasteiger partial charge in [-0.2, -0.15) is 13.2 Å². The molecule has 0 bridgehead atoms. The highest BCUT2D eigenvalue weighted by Gasteiger charge is 2.39. The number of rotatable bonds is 8. The summed E-state index contributed by atoms with van der Waals surface area (Å²) in [5.74, 6) is -1.07. The summed E-state index contributed by atoms with van der Waals surface area (Å²) in [5.41, 5.74) is -1.34. The zero-order valence-electron chi connectivity index (χ0n) is 21.2. The number of halogens is 3. The predicted octanol–water partition coefficient (Wildman–Crippen LogP) is 2.87. The topological polar surface area (TPSA) is 104 Å². The standard InChI is InChI=1S/C27H33F3N4O4/c1-38-17-22-14-21(33-20-8-10-26(37,11-9-20)23-7-2-3-12-31-23)16-34(22)24(35)15-32-25(36)18-5-4-6-19(13-18)27(28,29)30/h2-7,12-13,20-22,33,37H,8-11,14-17H2,1H3,(H,32,36)/t20?,21-,22-,26?/m0/s1. The summed E-state index contributed by atoms with van der Waals surface area (Å²) in [7, 11) is 1.55. The van der Waals surface area contributed by atoms with Crippen LogP contribution in [-0.2, 0) is 21.3 Å². The Morgan fingerprint density at radius 3 is 2.58 bits per heavy atom. The number of pyridine rings is 1. The second-order valence-corrected chi connectivity index (χ2v) is 10.0. The van der Waals surface area contributed by atoms with Crippen molar-refractivity contribution >= 4 is 11.8 Å². The van der Waals surface area contributed by atoms with Gasteiger partial charge in [-0.15, -0.1) is 0 Å². The van der Waals surface area contributed by atoms with Crippen LogP contribution >= 0.6 is 0 Å². The Kier molecular flexibility index (Phi) is 8.69. The minimum atomic E-state index is -4.56. The maximum Gasteiger partial charge on any atom is 0.416 e. The third kappa shape index (κ3) is 6.69. The number of benzene rings is 1. The maximum absolute atomic E-state index is 13.0. The lowest BCUT2D eigenvalue weighted by Crippen LogP contribution is -2.47. The molecular formula is C27H33F3N4O4. The fourth-order valence-electron chi connectivity index (χ4n) is 5.38. The molecule has 2 amide bonds. The molecule has 11 heteroatoms. The first-order valence-corrected chi connectivity index (χ1v) is 12.7. The average Bonchev–Trinajstić information content (AvgIpc) is 3.31. The average molecular weight is 535 g/mol. The molecule has 2 heterocycles. The van der Waals surface area contributed by atoms with Crippen LogP contribution in [0.3, 0.4) is 0 Å². The molecule has 1 aromatic carbocycles. The van der Waals surface area contributed by atoms with Gasteiger partial charge in [-0.1, -0.05) is 12.1 Å². The molecule has 0 spiro atoms. The number of amides is 2. The number of carbonyl (C=O) groups excluding carboxylic acids is 2. The summed E-state index contributed by atoms with van der Waals surface area (Å²) in [6, 6.07) is 9.63. The number of methoxy groups -OCH3 is 1. The molecule has 1 aliphatic carbocycles. The molecule has 2 aromatic rings. The molecule has 206 valence electrons. The summed E-state index contributed by atoms with van der Waals surface area (Å²) < 4.78 is 44.2. The maximum atomic E-state index is 13.0. The predicted molar refractivity (Wildman–Crippen MR) is 133 cm³/mol. The van der Waals surface area contributed by atoms with E-state index >= 15 is 0 Å². The van der Waals surface area contributed by atoms with Gasteiger partial charge in [0, 0.05) is 37.5 Å². The molecule has 2 aliphatic rings. The highest BCUT2D eigenvalue weighted by molar-refractivity contribution is 5.96. The Balaban J connectivity index is 1.30. The van der Waals surface area contributed by atoms with Crippen LogP contribution < -0.4 is 10.6 Å². The van der Waals surface area contributed by atoms with Crippen molar-refractivity contribution in [3.8, 4) is 0 Å². The Morgan fingerprint density at radius 1 is 1.16 bits per heavy atom. The van der Waals surface area contributed by atoms with E-state index in [0.717, 1.165) is 31.0 Å². The molecule has 1 saturated heterocycles. The molecule has 1 aromatic heterocycles. The molecule has 8 nitrogen and oxygen atoms in total. The molecule has 1 aliphatic heterocycles. The van der Waals surface area contributed by atoms with Crippen LogP contribution in [-0.4, -0.2) is 71.7 Å². The van der Waals surface area contributed by atoms with Gasteiger partial charge in [-0.05, 0) is 62.4 Å². The van der Waals surface area contributed by atoms with E-state index in [1.807, 2.05) is 18.2 Å². The fraction of sp³-hybridized carbons (Fsp3) is 0.519. The van der Waals surface area contributed by atoms with Crippen molar-refractivity contribution in [3.63, 3.8) is 0 Å². The molecule has 2 atom stereocenters. The summed E-state index contributed by atoms with van der Waals surface area (Å²) in [5, 5.41) is 17.1. The molecule has 1 saturated carbocycles. The van der Waals surface area contributed by atoms with E-state index < -0.39 is 23.2 Å². The highest BCUT2D eigenvalue weighted by Crippen LogP contribution is 2.36. The summed E-state index contributed by atoms with van der Waals surface area (Å²) in [6.07, 6.45) is 0.480. The van der Waals surface area contributed by atoms with Crippen molar-refractivity contribution in [3.05, 3.63) is 65.5 Å². The minimum Gasteiger partial charge on any atom is -0.384 e. The van der Waals surface area contributed by atoms with Crippen LogP contribution in [0.4, 0.5) is 13.2 Å². The van der Waals surface area contributed by atoms with Crippen molar-refractivity contribution in [1.82, 2.24) is 20.5 Å². The summed E-state index contributed by atoms with van der Waals surface area (Å²) in [6.45, 7) is 0.422. The summed E-state index contributed by atoms with van der Waals surface area (Å²) >= 11 is 0. The second kappa shape index (κ2) is 11.8. The van der Waals surface area contributed by atoms with Gasteiger partial charge in [0.2, 0.25) is 5.91 Å². The molecule has 0 unspecified atom stereocenters. The smallest absolute Gasteiger partial charge is 0.384 e. The lowest BCUT2D eigenvalue weighted by Gasteiger charge is -2.37. The molecule has 0 radical (unpaired) electrons. The number of alkyl halides is 3. The second-order valence-electron chi connectivity index (χ2n) is 10.0. The molecular weight excluding hydrogens is 501 g/mol. The van der Waals surface area contributed by atoms with Crippen LogP contribution in [0.5, 0.6) is 0 Å². The van der Waals surface area contributed by atoms with Gasteiger partial charge >= 0.3 is 6.18 Å². The third-order valence-electron chi connectivity index (χ3n) is 7.37. The van der Waals surface area contributed by atoms with Gasteiger partial charge in [-0.25, -0.2) is 0 Å². The fourth-order valence-corrected chi connectivity index (χ4v) is 5.38. The zero-order valence-corrected chi connectivity index (χ0v) is 21.2. The number of aliphatic hydroxyl groups is 1. The van der Waals surface area contributed by atoms with E-state index in [2.05, 4.69) is 15.6 Å². The first-order valence-electron chi connectivity index (χ1n) is 12.7. The number of aromatic nitrogens is 1. The highest BCUT2D eigenvalue weighted by atomic mass is 19.4. The Bertz CT molecular complexity index is 1110. The van der Waals surface area contributed by atoms with Gasteiger partial charge in [0.15, 0.2) is 0 Å². The number of hydrogen-bond donors (Lipinski definition) is 3. The lowest BCUT2D eigenvalue weighted by atomic mass is 9.79. The van der Waals surface area contributed by atoms with E-state index in [1.165, 1.54) is 6.07 Å². The quantitative estimate of drug-likeness (QED) is 0.481. The van der Waals surface area contributed by atoms with Crippen LogP contribution in [0.25, 0.3) is 0 Å². The van der Waals surface area contributed by atoms with Crippen molar-refractivity contribution < 1.29 is 32.6 Å². The Hall–Kier alpha value is -3.02. The van der Waals surface area contributed by atoms with Crippen molar-refractivity contribution in [2.75, 3.05) is 26.8 Å². The first-order chi connectivity index (χ1) is 18.1. The van der Waals surface area contributed by atoms with Gasteiger partial charge in [0.25, 0.3) is 5.91 Å².